The second-order valence-corrected chi connectivity index (χ2v) is 8.81. The number of amides is 1. The molecular weight excluding hydrogens is 286 g/mol. The highest BCUT2D eigenvalue weighted by atomic mass is 16.5. The number of hydrogen-bond acceptors (Lipinski definition) is 2. The van der Waals surface area contributed by atoms with E-state index in [0.717, 1.165) is 18.9 Å². The number of nitrogens with one attached hydrogen (secondary N) is 1. The molecule has 1 heterocycles. The Bertz CT molecular complexity index is 457. The van der Waals surface area contributed by atoms with Crippen LogP contribution in [-0.2, 0) is 9.53 Å². The van der Waals surface area contributed by atoms with Crippen LogP contribution < -0.4 is 5.32 Å². The van der Waals surface area contributed by atoms with E-state index in [-0.39, 0.29) is 16.7 Å². The van der Waals surface area contributed by atoms with E-state index in [9.17, 15) is 4.79 Å². The lowest BCUT2D eigenvalue weighted by Crippen LogP contribution is -2.61. The number of fused-ring (bicyclic) bond motifs is 1. The Morgan fingerprint density at radius 3 is 2.57 bits per heavy atom. The zero-order valence-electron chi connectivity index (χ0n) is 15.7. The minimum absolute atomic E-state index is 0.217. The fourth-order valence-electron chi connectivity index (χ4n) is 6.31. The van der Waals surface area contributed by atoms with E-state index in [0.29, 0.717) is 30.4 Å². The van der Waals surface area contributed by atoms with Gasteiger partial charge in [0.1, 0.15) is 0 Å². The molecule has 3 nitrogen and oxygen atoms in total. The summed E-state index contributed by atoms with van der Waals surface area (Å²) in [6.45, 7) is 12.2. The van der Waals surface area contributed by atoms with E-state index in [4.69, 9.17) is 4.74 Å². The van der Waals surface area contributed by atoms with Gasteiger partial charge in [-0.2, -0.15) is 0 Å². The third-order valence-corrected chi connectivity index (χ3v) is 7.69. The van der Waals surface area contributed by atoms with E-state index in [1.165, 1.54) is 25.7 Å². The molecule has 5 atom stereocenters. The lowest BCUT2D eigenvalue weighted by Gasteiger charge is -2.54. The van der Waals surface area contributed by atoms with Gasteiger partial charge in [0.05, 0.1) is 6.10 Å². The van der Waals surface area contributed by atoms with Crippen LogP contribution in [-0.4, -0.2) is 24.7 Å². The molecule has 1 amide bonds. The van der Waals surface area contributed by atoms with Gasteiger partial charge in [-0.3, -0.25) is 4.79 Å². The molecule has 2 saturated carbocycles. The van der Waals surface area contributed by atoms with Crippen LogP contribution >= 0.6 is 0 Å². The van der Waals surface area contributed by atoms with Gasteiger partial charge in [-0.15, -0.1) is 0 Å². The third kappa shape index (κ3) is 2.45. The summed E-state index contributed by atoms with van der Waals surface area (Å²) in [5, 5.41) is 3.44. The highest BCUT2D eigenvalue weighted by Crippen LogP contribution is 2.69. The van der Waals surface area contributed by atoms with Crippen molar-refractivity contribution in [3.05, 3.63) is 0 Å². The Kier molecular flexibility index (Phi) is 4.54. The molecule has 2 bridgehead atoms. The molecule has 1 saturated heterocycles. The molecule has 0 aromatic rings. The van der Waals surface area contributed by atoms with Gasteiger partial charge in [0.2, 0.25) is 5.91 Å². The smallest absolute Gasteiger partial charge is 0.219 e. The van der Waals surface area contributed by atoms with Crippen molar-refractivity contribution in [1.29, 1.82) is 0 Å². The quantitative estimate of drug-likeness (QED) is 0.826. The summed E-state index contributed by atoms with van der Waals surface area (Å²) in [6, 6.07) is 0.326. The first-order valence-electron chi connectivity index (χ1n) is 9.81. The molecule has 0 radical (unpaired) electrons. The van der Waals surface area contributed by atoms with E-state index in [1.807, 2.05) is 6.92 Å². The molecule has 1 N–H and O–H groups in total. The Labute approximate surface area is 141 Å². The van der Waals surface area contributed by atoms with Crippen molar-refractivity contribution in [2.75, 3.05) is 6.61 Å². The normalized spacial score (nSPS) is 41.1. The summed E-state index contributed by atoms with van der Waals surface area (Å²) in [7, 11) is 0. The summed E-state index contributed by atoms with van der Waals surface area (Å²) >= 11 is 0. The lowest BCUT2D eigenvalue weighted by atomic mass is 9.58. The Morgan fingerprint density at radius 2 is 1.96 bits per heavy atom. The second-order valence-electron chi connectivity index (χ2n) is 8.81. The Balaban J connectivity index is 1.91. The van der Waals surface area contributed by atoms with E-state index in [2.05, 4.69) is 33.0 Å². The van der Waals surface area contributed by atoms with E-state index < -0.39 is 0 Å². The van der Waals surface area contributed by atoms with Gasteiger partial charge in [0.15, 0.2) is 0 Å². The van der Waals surface area contributed by atoms with Crippen molar-refractivity contribution < 1.29 is 9.53 Å². The third-order valence-electron chi connectivity index (χ3n) is 7.69. The summed E-state index contributed by atoms with van der Waals surface area (Å²) in [5.41, 5.74) is 0.502. The molecule has 1 aliphatic heterocycles. The molecule has 3 aliphatic rings. The molecule has 3 heteroatoms. The van der Waals surface area contributed by atoms with Gasteiger partial charge >= 0.3 is 0 Å². The Hall–Kier alpha value is -0.570. The first-order chi connectivity index (χ1) is 10.9. The van der Waals surface area contributed by atoms with Crippen LogP contribution in [0.4, 0.5) is 0 Å². The van der Waals surface area contributed by atoms with Crippen LogP contribution in [0.25, 0.3) is 0 Å². The number of carbonyl (C=O) groups is 1. The van der Waals surface area contributed by atoms with E-state index >= 15 is 0 Å². The standard InChI is InChI=1S/C20H35NO2/c1-6-13(7-2)17-15-11-14-12-20(15,9-10-23-17)18(19(14,4)5)21-16(22)8-3/h13-15,17-18H,6-12H2,1-5H3,(H,21,22)/t14-,15-,17-,18+,20-/m1/s1. The maximum atomic E-state index is 12.2. The monoisotopic (exact) mass is 321 g/mol. The fraction of sp³-hybridized carbons (Fsp3) is 0.950. The van der Waals surface area contributed by atoms with Crippen LogP contribution in [0.2, 0.25) is 0 Å². The van der Waals surface area contributed by atoms with Crippen LogP contribution in [0.15, 0.2) is 0 Å². The lowest BCUT2D eigenvalue weighted by molar-refractivity contribution is -0.148. The second kappa shape index (κ2) is 6.06. The van der Waals surface area contributed by atoms with Crippen LogP contribution in [0.1, 0.15) is 73.1 Å². The van der Waals surface area contributed by atoms with Crippen molar-refractivity contribution in [3.63, 3.8) is 0 Å². The average Bonchev–Trinajstić information content (AvgIpc) is 3.02. The maximum Gasteiger partial charge on any atom is 0.219 e. The minimum atomic E-state index is 0.217. The number of ether oxygens (including phenoxy) is 1. The van der Waals surface area contributed by atoms with Crippen molar-refractivity contribution in [1.82, 2.24) is 5.32 Å². The molecule has 3 rings (SSSR count). The van der Waals surface area contributed by atoms with Crippen molar-refractivity contribution in [2.24, 2.45) is 28.6 Å². The number of hydrogen-bond donors (Lipinski definition) is 1. The molecule has 132 valence electrons. The van der Waals surface area contributed by atoms with Gasteiger partial charge in [0.25, 0.3) is 0 Å². The predicted octanol–water partition coefficient (Wildman–Crippen LogP) is 4.16. The van der Waals surface area contributed by atoms with Gasteiger partial charge in [-0.1, -0.05) is 47.5 Å². The minimum Gasteiger partial charge on any atom is -0.378 e. The topological polar surface area (TPSA) is 38.3 Å². The molecule has 23 heavy (non-hydrogen) atoms. The van der Waals surface area contributed by atoms with Crippen LogP contribution in [0.3, 0.4) is 0 Å². The zero-order chi connectivity index (χ0) is 16.8. The molecule has 1 spiro atoms. The molecule has 0 aromatic carbocycles. The highest BCUT2D eigenvalue weighted by Gasteiger charge is 2.68. The largest absolute Gasteiger partial charge is 0.378 e. The zero-order valence-corrected chi connectivity index (χ0v) is 15.7. The van der Waals surface area contributed by atoms with Crippen LogP contribution in [0, 0.1) is 28.6 Å². The van der Waals surface area contributed by atoms with Gasteiger partial charge < -0.3 is 10.1 Å². The number of rotatable bonds is 5. The van der Waals surface area contributed by atoms with Crippen molar-refractivity contribution in [2.45, 2.75) is 85.3 Å². The van der Waals surface area contributed by atoms with Gasteiger partial charge in [-0.25, -0.2) is 0 Å². The molecule has 0 aromatic heterocycles. The summed E-state index contributed by atoms with van der Waals surface area (Å²) in [6.07, 6.45) is 7.11. The molecular formula is C20H35NO2. The fourth-order valence-corrected chi connectivity index (χ4v) is 6.31. The summed E-state index contributed by atoms with van der Waals surface area (Å²) in [4.78, 5) is 12.2. The highest BCUT2D eigenvalue weighted by molar-refractivity contribution is 5.76. The first-order valence-corrected chi connectivity index (χ1v) is 9.81. The van der Waals surface area contributed by atoms with Crippen molar-refractivity contribution in [3.8, 4) is 0 Å². The van der Waals surface area contributed by atoms with Crippen LogP contribution in [0.5, 0.6) is 0 Å². The number of carbonyl (C=O) groups excluding carboxylic acids is 1. The maximum absolute atomic E-state index is 12.2. The predicted molar refractivity (Wildman–Crippen MR) is 93.1 cm³/mol. The van der Waals surface area contributed by atoms with Crippen molar-refractivity contribution >= 4 is 5.91 Å². The summed E-state index contributed by atoms with van der Waals surface area (Å²) < 4.78 is 6.32. The summed E-state index contributed by atoms with van der Waals surface area (Å²) in [5.74, 6) is 2.26. The average molecular weight is 322 g/mol. The Morgan fingerprint density at radius 1 is 1.26 bits per heavy atom. The molecule has 2 aliphatic carbocycles. The van der Waals surface area contributed by atoms with Gasteiger partial charge in [-0.05, 0) is 47.8 Å². The molecule has 3 fully saturated rings. The SMILES string of the molecule is CCC(=O)N[C@H]1C(C)(C)[C@@H]2C[C@@H]3[C@@H](C(CC)CC)OCC[C@@]31C2. The first kappa shape index (κ1) is 17.3. The van der Waals surface area contributed by atoms with E-state index in [1.54, 1.807) is 0 Å². The van der Waals surface area contributed by atoms with Gasteiger partial charge in [0, 0.05) is 19.1 Å². The molecule has 0 unspecified atom stereocenters.